The van der Waals surface area contributed by atoms with Crippen LogP contribution in [0.2, 0.25) is 0 Å². The van der Waals surface area contributed by atoms with Gasteiger partial charge in [0, 0.05) is 52.5 Å². The second-order valence-electron chi connectivity index (χ2n) is 15.4. The van der Waals surface area contributed by atoms with Crippen LogP contribution < -0.4 is 15.8 Å². The van der Waals surface area contributed by atoms with Gasteiger partial charge >= 0.3 is 17.1 Å². The van der Waals surface area contributed by atoms with Gasteiger partial charge in [-0.25, -0.2) is 32.7 Å². The zero-order chi connectivity index (χ0) is 44.3. The van der Waals surface area contributed by atoms with Crippen molar-refractivity contribution in [3.63, 3.8) is 0 Å². The molecule has 0 saturated heterocycles. The molecule has 0 radical (unpaired) electrons. The Balaban J connectivity index is 0.00000109. The Kier molecular flexibility index (Phi) is 12.6. The molecule has 0 aliphatic carbocycles. The Bertz CT molecular complexity index is 2920. The molecule has 0 aliphatic heterocycles. The number of carboxylic acids is 1. The van der Waals surface area contributed by atoms with Crippen LogP contribution in [0.5, 0.6) is 0 Å². The lowest BCUT2D eigenvalue weighted by Gasteiger charge is -2.17. The molecule has 13 nitrogen and oxygen atoms in total. The highest BCUT2D eigenvalue weighted by Crippen LogP contribution is 2.41. The van der Waals surface area contributed by atoms with Crippen molar-refractivity contribution in [2.24, 2.45) is 5.14 Å². The largest absolute Gasteiger partial charge is 0.736 e. The summed E-state index contributed by atoms with van der Waals surface area (Å²) < 4.78 is 33.3. The number of hydrogen-bond donors (Lipinski definition) is 6. The summed E-state index contributed by atoms with van der Waals surface area (Å²) in [5, 5.41) is 23.1. The third kappa shape index (κ3) is 9.68. The van der Waals surface area contributed by atoms with Crippen molar-refractivity contribution in [3.05, 3.63) is 159 Å². The van der Waals surface area contributed by atoms with Gasteiger partial charge in [-0.15, -0.1) is 0 Å². The lowest BCUT2D eigenvalue weighted by molar-refractivity contribution is 0.0697. The normalized spacial score (nSPS) is 11.4. The van der Waals surface area contributed by atoms with E-state index in [4.69, 9.17) is 17.4 Å². The maximum Gasteiger partial charge on any atom is 0.363 e. The van der Waals surface area contributed by atoms with E-state index in [0.717, 1.165) is 98.7 Å². The van der Waals surface area contributed by atoms with Crippen LogP contribution in [0, 0.1) is 27.7 Å². The molecule has 0 spiro atoms. The predicted octanol–water partition coefficient (Wildman–Crippen LogP) is 10.1. The molecule has 7 N–H and O–H groups in total. The molecular weight excluding hydrogens is 803 g/mol. The van der Waals surface area contributed by atoms with Gasteiger partial charge in [0.05, 0.1) is 52.5 Å². The standard InChI is InChI=1S/C48H46N6O3.H3NO3S/c1-7-33-19-31(21-41-29(5)49-25-51-41)17-27(3)46(33)53-35-13-15-39-43(23-35)57-44-24-36(14-16-40(44)45(39)37-11-9-10-12-38(37)48(55)56)54-47-28(4)18-32(20-34(47)8-2)22-42-30(6)50-26-52-42;1-5(2,3)4/h9-20,23-26,53-54H,7-8,21-22H2,1-6H3,(H2-,49,50,51,52,55,56);(H3,1,2,3,4). The van der Waals surface area contributed by atoms with Gasteiger partial charge in [0.1, 0.15) is 0 Å². The Morgan fingerprint density at radius 3 is 1.58 bits per heavy atom. The van der Waals surface area contributed by atoms with Crippen LogP contribution in [0.3, 0.4) is 0 Å². The van der Waals surface area contributed by atoms with Crippen molar-refractivity contribution in [3.8, 4) is 11.1 Å². The first kappa shape index (κ1) is 43.2. The number of aryl methyl sites for hydroxylation is 6. The van der Waals surface area contributed by atoms with Gasteiger partial charge in [0.25, 0.3) is 0 Å². The third-order valence-corrected chi connectivity index (χ3v) is 11.0. The molecular formula is C48H49N7O6S. The van der Waals surface area contributed by atoms with Crippen molar-refractivity contribution < 1.29 is 27.3 Å². The summed E-state index contributed by atoms with van der Waals surface area (Å²) in [4.78, 5) is 28.0. The van der Waals surface area contributed by atoms with E-state index in [2.05, 4.69) is 102 Å². The molecule has 3 heterocycles. The summed E-state index contributed by atoms with van der Waals surface area (Å²) in [5.74, 6) is -0.980. The summed E-state index contributed by atoms with van der Waals surface area (Å²) >= 11 is 0. The minimum absolute atomic E-state index is 0.234. The van der Waals surface area contributed by atoms with E-state index >= 15 is 0 Å². The third-order valence-electron chi connectivity index (χ3n) is 11.0. The highest BCUT2D eigenvalue weighted by Gasteiger charge is 2.25. The zero-order valence-electron chi connectivity index (χ0n) is 35.4. The number of aromatic carboxylic acids is 1. The fraction of sp³-hybridized carbons (Fsp3) is 0.208. The van der Waals surface area contributed by atoms with Crippen LogP contribution in [0.4, 0.5) is 22.7 Å². The number of H-pyrrole nitrogens is 2. The van der Waals surface area contributed by atoms with Crippen molar-refractivity contribution in [1.29, 1.82) is 0 Å². The average Bonchev–Trinajstić information content (AvgIpc) is 3.83. The monoisotopic (exact) mass is 851 g/mol. The second-order valence-corrected chi connectivity index (χ2v) is 16.4. The molecule has 62 heavy (non-hydrogen) atoms. The Morgan fingerprint density at radius 2 is 1.18 bits per heavy atom. The second kappa shape index (κ2) is 18.0. The number of fused-ring (bicyclic) bond motifs is 2. The van der Waals surface area contributed by atoms with Gasteiger partial charge in [0.15, 0.2) is 10.3 Å². The maximum atomic E-state index is 12.6. The first-order valence-corrected chi connectivity index (χ1v) is 21.7. The molecule has 0 atom stereocenters. The zero-order valence-corrected chi connectivity index (χ0v) is 36.3. The van der Waals surface area contributed by atoms with E-state index in [9.17, 15) is 9.90 Å². The summed E-state index contributed by atoms with van der Waals surface area (Å²) in [7, 11) is -4.42. The van der Waals surface area contributed by atoms with Crippen molar-refractivity contribution in [2.45, 2.75) is 67.2 Å². The van der Waals surface area contributed by atoms with E-state index in [-0.39, 0.29) is 5.56 Å². The number of nitrogens with zero attached hydrogens (tertiary/aromatic N) is 2. The van der Waals surface area contributed by atoms with Crippen LogP contribution in [0.25, 0.3) is 33.1 Å². The highest BCUT2D eigenvalue weighted by molar-refractivity contribution is 7.83. The van der Waals surface area contributed by atoms with Crippen molar-refractivity contribution >= 4 is 61.0 Å². The predicted molar refractivity (Wildman–Crippen MR) is 244 cm³/mol. The number of imidazole rings is 2. The number of nitrogens with two attached hydrogens (primary N) is 1. The molecule has 0 saturated carbocycles. The molecule has 0 unspecified atom stereocenters. The maximum absolute atomic E-state index is 12.6. The molecule has 8 rings (SSSR count). The van der Waals surface area contributed by atoms with E-state index in [0.29, 0.717) is 16.7 Å². The smallest absolute Gasteiger partial charge is 0.363 e. The minimum Gasteiger partial charge on any atom is -0.736 e. The van der Waals surface area contributed by atoms with Gasteiger partial charge < -0.3 is 30.3 Å². The molecule has 3 aromatic heterocycles. The Labute approximate surface area is 360 Å². The van der Waals surface area contributed by atoms with Gasteiger partial charge in [-0.3, -0.25) is 0 Å². The Morgan fingerprint density at radius 1 is 0.726 bits per heavy atom. The van der Waals surface area contributed by atoms with Crippen LogP contribution in [0.1, 0.15) is 80.4 Å². The number of carboxylic acid groups (broad SMARTS) is 1. The number of hydrogen-bond acceptors (Lipinski definition) is 8. The highest BCUT2D eigenvalue weighted by atomic mass is 32.2. The first-order valence-electron chi connectivity index (χ1n) is 20.3. The minimum atomic E-state index is -4.42. The van der Waals surface area contributed by atoms with E-state index in [1.54, 1.807) is 24.8 Å². The molecule has 14 heteroatoms. The number of rotatable bonds is 12. The SMILES string of the molecule is CCc1cc(Cc2nc[nH]c2C)cc(C)c1Nc1ccc2c(-c3ccccc3C(=O)O)c3ccc(Nc4c(C)cc(Cc5nc[nH]c5C)cc4CC)cc3[o+]c2c1.NS(=O)(=O)[O-]. The first-order chi connectivity index (χ1) is 29.6. The lowest BCUT2D eigenvalue weighted by Crippen LogP contribution is -2.08. The van der Waals surface area contributed by atoms with Gasteiger partial charge in [0.2, 0.25) is 0 Å². The van der Waals surface area contributed by atoms with Crippen LogP contribution >= 0.6 is 0 Å². The number of benzene rings is 5. The topological polar surface area (TPSA) is 213 Å². The summed E-state index contributed by atoms with van der Waals surface area (Å²) in [5.41, 5.74) is 18.3. The van der Waals surface area contributed by atoms with Crippen molar-refractivity contribution in [1.82, 2.24) is 19.9 Å². The fourth-order valence-corrected chi connectivity index (χ4v) is 8.03. The number of carbonyl (C=O) groups is 1. The number of aromatic nitrogens is 4. The molecule has 0 fully saturated rings. The fourth-order valence-electron chi connectivity index (χ4n) is 8.03. The van der Waals surface area contributed by atoms with E-state index < -0.39 is 16.3 Å². The van der Waals surface area contributed by atoms with Crippen LogP contribution in [-0.4, -0.2) is 44.0 Å². The van der Waals surface area contributed by atoms with Gasteiger partial charge in [-0.2, -0.15) is 0 Å². The van der Waals surface area contributed by atoms with E-state index in [1.165, 1.54) is 22.3 Å². The van der Waals surface area contributed by atoms with Gasteiger partial charge in [-0.1, -0.05) is 56.3 Å². The molecule has 0 bridgehead atoms. The van der Waals surface area contributed by atoms with E-state index in [1.807, 2.05) is 48.5 Å². The molecule has 0 amide bonds. The Hall–Kier alpha value is -6.87. The molecule has 8 aromatic rings. The summed E-state index contributed by atoms with van der Waals surface area (Å²) in [6, 6.07) is 28.3. The number of nitrogens with one attached hydrogen (secondary N) is 4. The van der Waals surface area contributed by atoms with Crippen LogP contribution in [0.15, 0.2) is 102 Å². The molecule has 0 aliphatic rings. The quantitative estimate of drug-likeness (QED) is 0.0389. The molecule has 318 valence electrons. The van der Waals surface area contributed by atoms with Gasteiger partial charge in [-0.05, 0) is 110 Å². The summed E-state index contributed by atoms with van der Waals surface area (Å²) in [6.07, 6.45) is 6.74. The van der Waals surface area contributed by atoms with Crippen molar-refractivity contribution in [2.75, 3.05) is 10.6 Å². The van der Waals surface area contributed by atoms with Crippen LogP contribution in [-0.2, 0) is 36.0 Å². The summed E-state index contributed by atoms with van der Waals surface area (Å²) in [6.45, 7) is 12.7. The number of aromatic amines is 2. The molecule has 5 aromatic carbocycles. The average molecular weight is 852 g/mol. The lowest BCUT2D eigenvalue weighted by atomic mass is 9.93. The number of anilines is 4.